The number of aromatic nitrogens is 3. The van der Waals surface area contributed by atoms with Gasteiger partial charge in [0.25, 0.3) is 5.56 Å². The molecule has 1 N–H and O–H groups in total. The Kier molecular flexibility index (Phi) is 6.50. The van der Waals surface area contributed by atoms with Crippen molar-refractivity contribution in [2.45, 2.75) is 13.5 Å². The molecule has 0 spiro atoms. The fourth-order valence-corrected chi connectivity index (χ4v) is 3.34. The van der Waals surface area contributed by atoms with Crippen molar-refractivity contribution in [3.05, 3.63) is 92.6 Å². The maximum atomic E-state index is 13.8. The van der Waals surface area contributed by atoms with Gasteiger partial charge >= 0.3 is 5.69 Å². The minimum absolute atomic E-state index is 0.0933. The Balaban J connectivity index is 1.68. The van der Waals surface area contributed by atoms with Gasteiger partial charge in [0.1, 0.15) is 36.2 Å². The average Bonchev–Trinajstić information content (AvgIpc) is 2.80. The quantitative estimate of drug-likeness (QED) is 0.414. The molecule has 0 unspecified atom stereocenters. The van der Waals surface area contributed by atoms with Crippen molar-refractivity contribution in [2.24, 2.45) is 0 Å². The SMILES string of the molecule is COCCOc1ccc2c(=O)n(-c3cc(OCc4ncccc4F)ccc3C)c(=O)[nH]c2c1. The molecule has 33 heavy (non-hydrogen) atoms. The van der Waals surface area contributed by atoms with Crippen LogP contribution in [-0.2, 0) is 11.3 Å². The first kappa shape index (κ1) is 22.2. The molecular weight excluding hydrogens is 429 g/mol. The molecule has 0 aliphatic carbocycles. The van der Waals surface area contributed by atoms with E-state index in [1.165, 1.54) is 18.3 Å². The van der Waals surface area contributed by atoms with Crippen molar-refractivity contribution < 1.29 is 18.6 Å². The van der Waals surface area contributed by atoms with E-state index in [9.17, 15) is 14.0 Å². The molecule has 4 aromatic rings. The predicted octanol–water partition coefficient (Wildman–Crippen LogP) is 3.13. The summed E-state index contributed by atoms with van der Waals surface area (Å²) in [7, 11) is 1.57. The third-order valence-corrected chi connectivity index (χ3v) is 5.06. The van der Waals surface area contributed by atoms with Crippen LogP contribution in [0.15, 0.2) is 64.3 Å². The van der Waals surface area contributed by atoms with Crippen molar-refractivity contribution in [1.29, 1.82) is 0 Å². The Labute approximate surface area is 188 Å². The van der Waals surface area contributed by atoms with Gasteiger partial charge in [-0.15, -0.1) is 0 Å². The van der Waals surface area contributed by atoms with Gasteiger partial charge in [0.2, 0.25) is 0 Å². The van der Waals surface area contributed by atoms with Crippen molar-refractivity contribution in [1.82, 2.24) is 14.5 Å². The molecule has 0 bridgehead atoms. The third-order valence-electron chi connectivity index (χ3n) is 5.06. The Morgan fingerprint density at radius 3 is 2.61 bits per heavy atom. The first-order valence-electron chi connectivity index (χ1n) is 10.2. The molecule has 0 amide bonds. The summed E-state index contributed by atoms with van der Waals surface area (Å²) in [6.45, 7) is 2.45. The van der Waals surface area contributed by atoms with Gasteiger partial charge in [0.05, 0.1) is 23.2 Å². The second-order valence-electron chi connectivity index (χ2n) is 7.29. The van der Waals surface area contributed by atoms with Crippen LogP contribution in [0.25, 0.3) is 16.6 Å². The van der Waals surface area contributed by atoms with E-state index in [0.29, 0.717) is 46.9 Å². The number of halogens is 1. The van der Waals surface area contributed by atoms with Crippen LogP contribution in [0, 0.1) is 12.7 Å². The second kappa shape index (κ2) is 9.66. The number of nitrogens with zero attached hydrogens (tertiary/aromatic N) is 2. The molecular formula is C24H22FN3O5. The van der Waals surface area contributed by atoms with E-state index in [1.807, 2.05) is 0 Å². The molecule has 0 atom stereocenters. The number of methoxy groups -OCH3 is 1. The van der Waals surface area contributed by atoms with Crippen LogP contribution >= 0.6 is 0 Å². The lowest BCUT2D eigenvalue weighted by Gasteiger charge is -2.13. The highest BCUT2D eigenvalue weighted by atomic mass is 19.1. The van der Waals surface area contributed by atoms with Gasteiger partial charge in [0.15, 0.2) is 0 Å². The number of pyridine rings is 1. The van der Waals surface area contributed by atoms with Gasteiger partial charge in [-0.3, -0.25) is 9.78 Å². The molecule has 170 valence electrons. The van der Waals surface area contributed by atoms with E-state index in [-0.39, 0.29) is 12.3 Å². The summed E-state index contributed by atoms with van der Waals surface area (Å²) in [6.07, 6.45) is 1.48. The van der Waals surface area contributed by atoms with Gasteiger partial charge in [-0.2, -0.15) is 0 Å². The molecule has 2 heterocycles. The van der Waals surface area contributed by atoms with E-state index in [2.05, 4.69) is 9.97 Å². The van der Waals surface area contributed by atoms with Gasteiger partial charge in [-0.25, -0.2) is 13.8 Å². The number of nitrogens with one attached hydrogen (secondary N) is 1. The van der Waals surface area contributed by atoms with Crippen LogP contribution in [-0.4, -0.2) is 34.9 Å². The maximum Gasteiger partial charge on any atom is 0.333 e. The minimum atomic E-state index is -0.599. The number of rotatable bonds is 8. The van der Waals surface area contributed by atoms with Crippen LogP contribution in [0.2, 0.25) is 0 Å². The standard InChI is InChI=1S/C24H22FN3O5/c1-15-5-6-17(33-14-21-19(25)4-3-9-26-21)13-22(15)28-23(29)18-8-7-16(32-11-10-31-2)12-20(18)27-24(28)30/h3-9,12-13H,10-11,14H2,1-2H3,(H,27,30). The number of hydrogen-bond acceptors (Lipinski definition) is 6. The highest BCUT2D eigenvalue weighted by Crippen LogP contribution is 2.22. The summed E-state index contributed by atoms with van der Waals surface area (Å²) < 4.78 is 31.0. The molecule has 9 heteroatoms. The molecule has 4 rings (SSSR count). The number of aromatic amines is 1. The second-order valence-corrected chi connectivity index (χ2v) is 7.29. The highest BCUT2D eigenvalue weighted by Gasteiger charge is 2.14. The van der Waals surface area contributed by atoms with Crippen molar-refractivity contribution in [3.8, 4) is 17.2 Å². The summed E-state index contributed by atoms with van der Waals surface area (Å²) in [4.78, 5) is 32.7. The Morgan fingerprint density at radius 1 is 1.03 bits per heavy atom. The van der Waals surface area contributed by atoms with Crippen molar-refractivity contribution >= 4 is 10.9 Å². The summed E-state index contributed by atoms with van der Waals surface area (Å²) in [5, 5.41) is 0.329. The molecule has 0 fully saturated rings. The van der Waals surface area contributed by atoms with E-state index in [1.54, 1.807) is 50.4 Å². The van der Waals surface area contributed by atoms with E-state index >= 15 is 0 Å². The molecule has 0 saturated carbocycles. The monoisotopic (exact) mass is 451 g/mol. The van der Waals surface area contributed by atoms with E-state index in [0.717, 1.165) is 4.57 Å². The molecule has 0 aliphatic rings. The summed E-state index contributed by atoms with van der Waals surface area (Å²) in [5.74, 6) is 0.409. The van der Waals surface area contributed by atoms with Crippen LogP contribution in [0.4, 0.5) is 4.39 Å². The lowest BCUT2D eigenvalue weighted by Crippen LogP contribution is -2.34. The first-order valence-corrected chi connectivity index (χ1v) is 10.2. The Bertz CT molecular complexity index is 1410. The molecule has 2 aromatic heterocycles. The van der Waals surface area contributed by atoms with Gasteiger partial charge in [-0.1, -0.05) is 6.07 Å². The number of H-pyrrole nitrogens is 1. The zero-order valence-corrected chi connectivity index (χ0v) is 18.1. The summed E-state index contributed by atoms with van der Waals surface area (Å²) in [5.41, 5.74) is 0.502. The minimum Gasteiger partial charge on any atom is -0.491 e. The number of hydrogen-bond donors (Lipinski definition) is 1. The zero-order valence-electron chi connectivity index (χ0n) is 18.1. The first-order chi connectivity index (χ1) is 16.0. The van der Waals surface area contributed by atoms with Crippen LogP contribution < -0.4 is 20.7 Å². The van der Waals surface area contributed by atoms with E-state index in [4.69, 9.17) is 14.2 Å². The Hall–Kier alpha value is -3.98. The van der Waals surface area contributed by atoms with Crippen LogP contribution in [0.1, 0.15) is 11.3 Å². The number of benzene rings is 2. The third kappa shape index (κ3) is 4.78. The fourth-order valence-electron chi connectivity index (χ4n) is 3.34. The number of aryl methyl sites for hydroxylation is 1. The lowest BCUT2D eigenvalue weighted by atomic mass is 10.1. The smallest absolute Gasteiger partial charge is 0.333 e. The summed E-state index contributed by atoms with van der Waals surface area (Å²) >= 11 is 0. The van der Waals surface area contributed by atoms with Gasteiger partial charge in [-0.05, 0) is 42.8 Å². The maximum absolute atomic E-state index is 13.8. The fraction of sp³-hybridized carbons (Fsp3) is 0.208. The average molecular weight is 451 g/mol. The van der Waals surface area contributed by atoms with Crippen molar-refractivity contribution in [2.75, 3.05) is 20.3 Å². The normalized spacial score (nSPS) is 11.0. The molecule has 0 saturated heterocycles. The number of ether oxygens (including phenoxy) is 3. The lowest BCUT2D eigenvalue weighted by molar-refractivity contribution is 0.146. The summed E-state index contributed by atoms with van der Waals surface area (Å²) in [6, 6.07) is 12.6. The molecule has 0 radical (unpaired) electrons. The van der Waals surface area contributed by atoms with Crippen LogP contribution in [0.3, 0.4) is 0 Å². The molecule has 2 aromatic carbocycles. The van der Waals surface area contributed by atoms with Crippen LogP contribution in [0.5, 0.6) is 11.5 Å². The zero-order chi connectivity index (χ0) is 23.4. The predicted molar refractivity (Wildman–Crippen MR) is 121 cm³/mol. The van der Waals surface area contributed by atoms with Gasteiger partial charge in [0, 0.05) is 25.4 Å². The van der Waals surface area contributed by atoms with E-state index < -0.39 is 17.1 Å². The Morgan fingerprint density at radius 2 is 1.82 bits per heavy atom. The molecule has 0 aliphatic heterocycles. The van der Waals surface area contributed by atoms with Gasteiger partial charge < -0.3 is 19.2 Å². The topological polar surface area (TPSA) is 95.4 Å². The number of fused-ring (bicyclic) bond motifs is 1. The van der Waals surface area contributed by atoms with Crippen molar-refractivity contribution in [3.63, 3.8) is 0 Å². The largest absolute Gasteiger partial charge is 0.491 e. The molecule has 8 nitrogen and oxygen atoms in total. The highest BCUT2D eigenvalue weighted by molar-refractivity contribution is 5.79.